The average molecular weight is 395 g/mol. The maximum atomic E-state index is 12.8. The fourth-order valence-corrected chi connectivity index (χ4v) is 3.56. The molecule has 152 valence electrons. The number of nitrogens with one attached hydrogen (secondary N) is 2. The van der Waals surface area contributed by atoms with E-state index >= 15 is 0 Å². The molecule has 3 aromatic heterocycles. The van der Waals surface area contributed by atoms with Gasteiger partial charge >= 0.3 is 6.03 Å². The highest BCUT2D eigenvalue weighted by molar-refractivity contribution is 5.89. The summed E-state index contributed by atoms with van der Waals surface area (Å²) in [6.45, 7) is 4.54. The summed E-state index contributed by atoms with van der Waals surface area (Å²) in [5.74, 6) is 1.22. The van der Waals surface area contributed by atoms with E-state index in [1.165, 1.54) is 0 Å². The lowest BCUT2D eigenvalue weighted by Gasteiger charge is -2.31. The summed E-state index contributed by atoms with van der Waals surface area (Å²) in [4.78, 5) is 17.1. The Morgan fingerprint density at radius 3 is 2.93 bits per heavy atom. The number of aryl methyl sites for hydroxylation is 3. The monoisotopic (exact) mass is 395 g/mol. The van der Waals surface area contributed by atoms with Gasteiger partial charge in [-0.2, -0.15) is 14.9 Å². The van der Waals surface area contributed by atoms with Gasteiger partial charge in [-0.15, -0.1) is 0 Å². The van der Waals surface area contributed by atoms with Crippen LogP contribution in [0, 0.1) is 13.8 Å². The maximum Gasteiger partial charge on any atom is 0.320 e. The molecule has 2 atom stereocenters. The minimum atomic E-state index is -0.303. The highest BCUT2D eigenvalue weighted by atomic mass is 16.5. The summed E-state index contributed by atoms with van der Waals surface area (Å²) >= 11 is 0. The van der Waals surface area contributed by atoms with Crippen LogP contribution >= 0.6 is 0 Å². The fourth-order valence-electron chi connectivity index (χ4n) is 3.56. The molecule has 1 saturated heterocycles. The largest absolute Gasteiger partial charge is 0.371 e. The quantitative estimate of drug-likeness (QED) is 0.708. The van der Waals surface area contributed by atoms with Crippen molar-refractivity contribution in [3.8, 4) is 5.82 Å². The van der Waals surface area contributed by atoms with Crippen LogP contribution in [0.5, 0.6) is 0 Å². The Kier molecular flexibility index (Phi) is 5.30. The molecule has 4 heterocycles. The molecule has 0 bridgehead atoms. The lowest BCUT2D eigenvalue weighted by atomic mass is 9.98. The predicted molar refractivity (Wildman–Crippen MR) is 108 cm³/mol. The lowest BCUT2D eigenvalue weighted by Crippen LogP contribution is -2.44. The van der Waals surface area contributed by atoms with Crippen LogP contribution in [0.1, 0.15) is 35.8 Å². The smallest absolute Gasteiger partial charge is 0.320 e. The van der Waals surface area contributed by atoms with Crippen molar-refractivity contribution in [2.24, 2.45) is 7.05 Å². The normalized spacial score (nSPS) is 19.1. The van der Waals surface area contributed by atoms with E-state index < -0.39 is 0 Å². The molecule has 3 aromatic rings. The number of nitrogens with zero attached hydrogens (tertiary/aromatic N) is 5. The van der Waals surface area contributed by atoms with Crippen LogP contribution in [0.15, 0.2) is 36.8 Å². The van der Waals surface area contributed by atoms with Gasteiger partial charge in [0.25, 0.3) is 0 Å². The number of carbonyl (C=O) groups is 1. The van der Waals surface area contributed by atoms with Crippen molar-refractivity contribution in [2.75, 3.05) is 11.9 Å². The third-order valence-corrected chi connectivity index (χ3v) is 4.88. The number of hydrogen-bond donors (Lipinski definition) is 2. The van der Waals surface area contributed by atoms with Crippen LogP contribution in [0.25, 0.3) is 5.82 Å². The standard InChI is InChI=1S/C20H25N7O2/c1-13-6-7-21-17(9-13)27-18(10-14(2)25-27)24-20(28)23-16-5-4-8-29-19(16)15-11-22-26(3)12-15/h6-7,9-12,16,19H,4-5,8H2,1-3H3,(H2,23,24,28)/t16-,19+/m0/s1. The van der Waals surface area contributed by atoms with Gasteiger partial charge in [-0.25, -0.2) is 9.78 Å². The molecule has 0 unspecified atom stereocenters. The molecule has 9 heteroatoms. The van der Waals surface area contributed by atoms with Crippen molar-refractivity contribution < 1.29 is 9.53 Å². The van der Waals surface area contributed by atoms with Gasteiger partial charge in [0, 0.05) is 37.7 Å². The Morgan fingerprint density at radius 2 is 2.17 bits per heavy atom. The molecule has 1 aliphatic heterocycles. The van der Waals surface area contributed by atoms with Gasteiger partial charge in [-0.05, 0) is 44.4 Å². The second-order valence-electron chi connectivity index (χ2n) is 7.36. The number of rotatable bonds is 4. The van der Waals surface area contributed by atoms with Gasteiger partial charge < -0.3 is 10.1 Å². The van der Waals surface area contributed by atoms with E-state index in [-0.39, 0.29) is 18.2 Å². The van der Waals surface area contributed by atoms with Gasteiger partial charge in [0.1, 0.15) is 11.9 Å². The lowest BCUT2D eigenvalue weighted by molar-refractivity contribution is -0.00700. The topological polar surface area (TPSA) is 98.9 Å². The van der Waals surface area contributed by atoms with Crippen LogP contribution in [0.3, 0.4) is 0 Å². The van der Waals surface area contributed by atoms with E-state index in [9.17, 15) is 4.79 Å². The molecule has 2 N–H and O–H groups in total. The second kappa shape index (κ2) is 8.04. The third kappa shape index (κ3) is 4.29. The van der Waals surface area contributed by atoms with Crippen LogP contribution < -0.4 is 10.6 Å². The van der Waals surface area contributed by atoms with Gasteiger partial charge in [-0.1, -0.05) is 0 Å². The molecule has 29 heavy (non-hydrogen) atoms. The van der Waals surface area contributed by atoms with E-state index in [0.29, 0.717) is 18.2 Å². The summed E-state index contributed by atoms with van der Waals surface area (Å²) in [5, 5.41) is 14.6. The van der Waals surface area contributed by atoms with E-state index in [2.05, 4.69) is 25.8 Å². The van der Waals surface area contributed by atoms with Gasteiger partial charge in [0.2, 0.25) is 0 Å². The summed E-state index contributed by atoms with van der Waals surface area (Å²) in [6.07, 6.45) is 6.95. The summed E-state index contributed by atoms with van der Waals surface area (Å²) < 4.78 is 9.30. The number of urea groups is 1. The molecule has 2 amide bonds. The van der Waals surface area contributed by atoms with Crippen LogP contribution in [0.4, 0.5) is 10.6 Å². The molecule has 1 aliphatic rings. The molecular weight excluding hydrogens is 370 g/mol. The Labute approximate surface area is 169 Å². The molecule has 0 spiro atoms. The predicted octanol–water partition coefficient (Wildman–Crippen LogP) is 2.66. The zero-order valence-corrected chi connectivity index (χ0v) is 16.8. The van der Waals surface area contributed by atoms with Crippen LogP contribution in [-0.2, 0) is 11.8 Å². The molecule has 0 radical (unpaired) electrons. The fraction of sp³-hybridized carbons (Fsp3) is 0.400. The van der Waals surface area contributed by atoms with E-state index in [1.54, 1.807) is 21.8 Å². The van der Waals surface area contributed by atoms with Crippen molar-refractivity contribution in [1.29, 1.82) is 0 Å². The number of aromatic nitrogens is 5. The minimum Gasteiger partial charge on any atom is -0.371 e. The number of anilines is 1. The number of hydrogen-bond acceptors (Lipinski definition) is 5. The molecule has 4 rings (SSSR count). The van der Waals surface area contributed by atoms with Crippen molar-refractivity contribution in [3.05, 3.63) is 53.6 Å². The van der Waals surface area contributed by atoms with E-state index in [4.69, 9.17) is 4.74 Å². The molecular formula is C20H25N7O2. The summed E-state index contributed by atoms with van der Waals surface area (Å²) in [7, 11) is 1.87. The maximum absolute atomic E-state index is 12.8. The Balaban J connectivity index is 1.50. The first kappa shape index (κ1) is 19.1. The third-order valence-electron chi connectivity index (χ3n) is 4.88. The SMILES string of the molecule is Cc1ccnc(-n2nc(C)cc2NC(=O)N[C@H]2CCCO[C@@H]2c2cnn(C)c2)c1. The van der Waals surface area contributed by atoms with Gasteiger partial charge in [0.15, 0.2) is 5.82 Å². The minimum absolute atomic E-state index is 0.137. The number of carbonyl (C=O) groups excluding carboxylic acids is 1. The molecule has 9 nitrogen and oxygen atoms in total. The van der Waals surface area contributed by atoms with Crippen molar-refractivity contribution in [1.82, 2.24) is 29.9 Å². The first-order valence-electron chi connectivity index (χ1n) is 9.67. The summed E-state index contributed by atoms with van der Waals surface area (Å²) in [6, 6.07) is 5.22. The number of pyridine rings is 1. The van der Waals surface area contributed by atoms with E-state index in [0.717, 1.165) is 29.7 Å². The number of amides is 2. The first-order chi connectivity index (χ1) is 14.0. The Hall–Kier alpha value is -3.20. The van der Waals surface area contributed by atoms with Gasteiger partial charge in [-0.3, -0.25) is 10.00 Å². The van der Waals surface area contributed by atoms with Crippen molar-refractivity contribution in [2.45, 2.75) is 38.8 Å². The Bertz CT molecular complexity index is 1010. The van der Waals surface area contributed by atoms with Crippen LogP contribution in [-0.4, -0.2) is 43.2 Å². The van der Waals surface area contributed by atoms with E-state index in [1.807, 2.05) is 45.3 Å². The highest BCUT2D eigenvalue weighted by Gasteiger charge is 2.30. The molecule has 0 aromatic carbocycles. The van der Waals surface area contributed by atoms with Crippen LogP contribution in [0.2, 0.25) is 0 Å². The number of ether oxygens (including phenoxy) is 1. The van der Waals surface area contributed by atoms with Crippen molar-refractivity contribution >= 4 is 11.8 Å². The molecule has 1 fully saturated rings. The zero-order chi connectivity index (χ0) is 20.4. The second-order valence-corrected chi connectivity index (χ2v) is 7.36. The first-order valence-corrected chi connectivity index (χ1v) is 9.67. The molecule has 0 saturated carbocycles. The van der Waals surface area contributed by atoms with Gasteiger partial charge in [0.05, 0.1) is 17.9 Å². The average Bonchev–Trinajstić information content (AvgIpc) is 3.27. The summed E-state index contributed by atoms with van der Waals surface area (Å²) in [5.41, 5.74) is 2.82. The molecule has 0 aliphatic carbocycles. The van der Waals surface area contributed by atoms with Crippen molar-refractivity contribution in [3.63, 3.8) is 0 Å². The Morgan fingerprint density at radius 1 is 1.31 bits per heavy atom. The zero-order valence-electron chi connectivity index (χ0n) is 16.8. The highest BCUT2D eigenvalue weighted by Crippen LogP contribution is 2.28.